The van der Waals surface area contributed by atoms with Crippen LogP contribution in [0.15, 0.2) is 6.07 Å². The lowest BCUT2D eigenvalue weighted by Gasteiger charge is -2.13. The molecule has 0 aliphatic carbocycles. The number of esters is 1. The fourth-order valence-electron chi connectivity index (χ4n) is 1.23. The minimum atomic E-state index is -4.94. The molecule has 1 aromatic heterocycles. The molecule has 0 radical (unpaired) electrons. The molecule has 0 aliphatic heterocycles. The van der Waals surface area contributed by atoms with Gasteiger partial charge in [-0.15, -0.1) is 0 Å². The summed E-state index contributed by atoms with van der Waals surface area (Å²) in [5, 5.41) is 0. The van der Waals surface area contributed by atoms with Crippen molar-refractivity contribution in [2.45, 2.75) is 12.6 Å². The van der Waals surface area contributed by atoms with Crippen molar-refractivity contribution in [1.82, 2.24) is 4.98 Å². The molecule has 0 fully saturated rings. The summed E-state index contributed by atoms with van der Waals surface area (Å²) in [6.07, 6.45) is -8.25. The summed E-state index contributed by atoms with van der Waals surface area (Å²) in [5.74, 6) is -2.23. The lowest BCUT2D eigenvalue weighted by atomic mass is 10.1. The molecule has 0 unspecified atom stereocenters. The molecule has 4 nitrogen and oxygen atoms in total. The molecule has 0 amide bonds. The van der Waals surface area contributed by atoms with E-state index < -0.39 is 41.2 Å². The van der Waals surface area contributed by atoms with E-state index in [9.17, 15) is 26.7 Å². The first-order valence-electron chi connectivity index (χ1n) is 4.42. The van der Waals surface area contributed by atoms with Crippen LogP contribution in [0, 0.1) is 0 Å². The SMILES string of the molecule is COC(=O)c1c(C(F)F)cc(C(F)(F)F)nc1N. The minimum absolute atomic E-state index is 0.0767. The van der Waals surface area contributed by atoms with Gasteiger partial charge in [-0.2, -0.15) is 13.2 Å². The first-order chi connectivity index (χ1) is 8.18. The molecular weight excluding hydrogens is 263 g/mol. The number of aromatic nitrogens is 1. The van der Waals surface area contributed by atoms with Crippen LogP contribution in [0.5, 0.6) is 0 Å². The van der Waals surface area contributed by atoms with Gasteiger partial charge in [0, 0.05) is 5.56 Å². The van der Waals surface area contributed by atoms with Crippen LogP contribution in [0.3, 0.4) is 0 Å². The summed E-state index contributed by atoms with van der Waals surface area (Å²) >= 11 is 0. The van der Waals surface area contributed by atoms with Gasteiger partial charge in [0.25, 0.3) is 6.43 Å². The van der Waals surface area contributed by atoms with Crippen molar-refractivity contribution in [3.63, 3.8) is 0 Å². The van der Waals surface area contributed by atoms with E-state index in [-0.39, 0.29) is 6.07 Å². The predicted octanol–water partition coefficient (Wildman–Crippen LogP) is 2.41. The van der Waals surface area contributed by atoms with Gasteiger partial charge in [0.2, 0.25) is 0 Å². The second kappa shape index (κ2) is 4.75. The number of hydrogen-bond donors (Lipinski definition) is 1. The standard InChI is InChI=1S/C9H7F5N2O2/c1-18-8(17)5-3(6(10)11)2-4(9(12,13)14)16-7(5)15/h2,6H,1H3,(H2,15,16). The van der Waals surface area contributed by atoms with E-state index in [1.165, 1.54) is 0 Å². The number of ether oxygens (including phenoxy) is 1. The van der Waals surface area contributed by atoms with Crippen LogP contribution in [0.1, 0.15) is 28.0 Å². The minimum Gasteiger partial charge on any atom is -0.465 e. The van der Waals surface area contributed by atoms with E-state index in [1.807, 2.05) is 0 Å². The van der Waals surface area contributed by atoms with Crippen LogP contribution in [-0.4, -0.2) is 18.1 Å². The quantitative estimate of drug-likeness (QED) is 0.662. The van der Waals surface area contributed by atoms with E-state index in [1.54, 1.807) is 0 Å². The monoisotopic (exact) mass is 270 g/mol. The highest BCUT2D eigenvalue weighted by molar-refractivity contribution is 5.95. The molecular formula is C9H7F5N2O2. The van der Waals surface area contributed by atoms with Crippen molar-refractivity contribution >= 4 is 11.8 Å². The first-order valence-corrected chi connectivity index (χ1v) is 4.42. The van der Waals surface area contributed by atoms with Gasteiger partial charge in [0.15, 0.2) is 0 Å². The number of rotatable bonds is 2. The summed E-state index contributed by atoms with van der Waals surface area (Å²) in [4.78, 5) is 14.0. The van der Waals surface area contributed by atoms with Crippen LogP contribution in [0.2, 0.25) is 0 Å². The van der Waals surface area contributed by atoms with E-state index in [0.29, 0.717) is 0 Å². The number of carbonyl (C=O) groups excluding carboxylic acids is 1. The third-order valence-electron chi connectivity index (χ3n) is 1.99. The average molecular weight is 270 g/mol. The molecule has 0 bridgehead atoms. The fourth-order valence-corrected chi connectivity index (χ4v) is 1.23. The third kappa shape index (κ3) is 2.66. The molecule has 1 aromatic rings. The molecule has 0 saturated carbocycles. The van der Waals surface area contributed by atoms with Crippen LogP contribution < -0.4 is 5.73 Å². The molecule has 1 heterocycles. The van der Waals surface area contributed by atoms with Crippen molar-refractivity contribution in [3.05, 3.63) is 22.9 Å². The Morgan fingerprint density at radius 2 is 2.00 bits per heavy atom. The molecule has 0 saturated heterocycles. The Labute approximate surface area is 97.6 Å². The number of methoxy groups -OCH3 is 1. The van der Waals surface area contributed by atoms with Crippen molar-refractivity contribution in [1.29, 1.82) is 0 Å². The number of nitrogens with two attached hydrogens (primary N) is 1. The Kier molecular flexibility index (Phi) is 3.73. The Morgan fingerprint density at radius 3 is 2.39 bits per heavy atom. The lowest BCUT2D eigenvalue weighted by Crippen LogP contribution is -2.17. The lowest BCUT2D eigenvalue weighted by molar-refractivity contribution is -0.141. The van der Waals surface area contributed by atoms with Gasteiger partial charge in [-0.3, -0.25) is 0 Å². The third-order valence-corrected chi connectivity index (χ3v) is 1.99. The molecule has 2 N–H and O–H groups in total. The maximum absolute atomic E-state index is 12.6. The Hall–Kier alpha value is -1.93. The Balaban J connectivity index is 3.51. The van der Waals surface area contributed by atoms with E-state index in [2.05, 4.69) is 9.72 Å². The summed E-state index contributed by atoms with van der Waals surface area (Å²) in [7, 11) is 0.884. The van der Waals surface area contributed by atoms with E-state index in [4.69, 9.17) is 5.73 Å². The van der Waals surface area contributed by atoms with Gasteiger partial charge < -0.3 is 10.5 Å². The largest absolute Gasteiger partial charge is 0.465 e. The highest BCUT2D eigenvalue weighted by Crippen LogP contribution is 2.34. The number of halogens is 5. The van der Waals surface area contributed by atoms with Crippen molar-refractivity contribution < 1.29 is 31.5 Å². The first kappa shape index (κ1) is 14.1. The van der Waals surface area contributed by atoms with E-state index in [0.717, 1.165) is 7.11 Å². The van der Waals surface area contributed by atoms with Crippen LogP contribution in [0.25, 0.3) is 0 Å². The molecule has 0 atom stereocenters. The molecule has 100 valence electrons. The van der Waals surface area contributed by atoms with Crippen LogP contribution in [0.4, 0.5) is 27.8 Å². The highest BCUT2D eigenvalue weighted by atomic mass is 19.4. The predicted molar refractivity (Wildman–Crippen MR) is 49.9 cm³/mol. The van der Waals surface area contributed by atoms with Crippen molar-refractivity contribution in [3.8, 4) is 0 Å². The Bertz CT molecular complexity index is 473. The normalized spacial score (nSPS) is 11.7. The molecule has 0 aliphatic rings. The zero-order valence-electron chi connectivity index (χ0n) is 8.89. The number of nitrogens with zero attached hydrogens (tertiary/aromatic N) is 1. The van der Waals surface area contributed by atoms with Gasteiger partial charge in [-0.25, -0.2) is 18.6 Å². The molecule has 9 heteroatoms. The van der Waals surface area contributed by atoms with Crippen molar-refractivity contribution in [2.75, 3.05) is 12.8 Å². The summed E-state index contributed by atoms with van der Waals surface area (Å²) in [6.45, 7) is 0. The maximum Gasteiger partial charge on any atom is 0.433 e. The van der Waals surface area contributed by atoms with Gasteiger partial charge in [-0.1, -0.05) is 0 Å². The maximum atomic E-state index is 12.6. The van der Waals surface area contributed by atoms with Gasteiger partial charge in [-0.05, 0) is 6.07 Å². The number of carbonyl (C=O) groups is 1. The number of pyridine rings is 1. The fraction of sp³-hybridized carbons (Fsp3) is 0.333. The van der Waals surface area contributed by atoms with Crippen LogP contribution in [-0.2, 0) is 10.9 Å². The zero-order valence-corrected chi connectivity index (χ0v) is 8.89. The summed E-state index contributed by atoms with van der Waals surface area (Å²) in [5.41, 5.74) is 1.47. The van der Waals surface area contributed by atoms with Gasteiger partial charge in [0.05, 0.1) is 7.11 Å². The van der Waals surface area contributed by atoms with Gasteiger partial charge >= 0.3 is 12.1 Å². The molecule has 0 spiro atoms. The summed E-state index contributed by atoms with van der Waals surface area (Å²) < 4.78 is 66.4. The number of hydrogen-bond acceptors (Lipinski definition) is 4. The second-order valence-corrected chi connectivity index (χ2v) is 3.15. The zero-order chi connectivity index (χ0) is 14.1. The summed E-state index contributed by atoms with van der Waals surface area (Å²) in [6, 6.07) is 0.0767. The van der Waals surface area contributed by atoms with Crippen molar-refractivity contribution in [2.24, 2.45) is 0 Å². The number of nitrogen functional groups attached to an aromatic ring is 1. The average Bonchev–Trinajstić information content (AvgIpc) is 2.25. The topological polar surface area (TPSA) is 65.2 Å². The van der Waals surface area contributed by atoms with E-state index >= 15 is 0 Å². The van der Waals surface area contributed by atoms with Crippen LogP contribution >= 0.6 is 0 Å². The highest BCUT2D eigenvalue weighted by Gasteiger charge is 2.36. The smallest absolute Gasteiger partial charge is 0.433 e. The number of alkyl halides is 5. The van der Waals surface area contributed by atoms with Gasteiger partial charge in [0.1, 0.15) is 17.1 Å². The Morgan fingerprint density at radius 1 is 1.44 bits per heavy atom. The molecule has 0 aromatic carbocycles. The molecule has 18 heavy (non-hydrogen) atoms. The number of anilines is 1. The second-order valence-electron chi connectivity index (χ2n) is 3.15. The molecule has 1 rings (SSSR count).